The Kier molecular flexibility index (Phi) is 6.00. The molecule has 1 saturated heterocycles. The number of carbonyl (C=O) groups is 1. The molecule has 0 amide bonds. The fourth-order valence-corrected chi connectivity index (χ4v) is 2.94. The van der Waals surface area contributed by atoms with Gasteiger partial charge in [-0.2, -0.15) is 0 Å². The summed E-state index contributed by atoms with van der Waals surface area (Å²) >= 11 is 0. The second kappa shape index (κ2) is 7.99. The van der Waals surface area contributed by atoms with E-state index >= 15 is 0 Å². The van der Waals surface area contributed by atoms with Crippen LogP contribution in [-0.2, 0) is 11.2 Å². The lowest BCUT2D eigenvalue weighted by atomic mass is 9.90. The maximum Gasteiger partial charge on any atom is 0.331 e. The van der Waals surface area contributed by atoms with Crippen LogP contribution in [0.4, 0.5) is 0 Å². The number of likely N-dealkylation sites (tertiary alicyclic amines) is 1. The Labute approximate surface area is 127 Å². The molecule has 0 bridgehead atoms. The van der Waals surface area contributed by atoms with Gasteiger partial charge in [-0.25, -0.2) is 4.79 Å². The molecule has 1 aliphatic rings. The number of rotatable bonds is 6. The molecule has 0 radical (unpaired) electrons. The first-order valence-corrected chi connectivity index (χ1v) is 7.87. The van der Waals surface area contributed by atoms with E-state index in [1.165, 1.54) is 24.8 Å². The van der Waals surface area contributed by atoms with E-state index in [4.69, 9.17) is 5.11 Å². The zero-order valence-corrected chi connectivity index (χ0v) is 12.8. The van der Waals surface area contributed by atoms with E-state index in [1.807, 2.05) is 13.0 Å². The van der Waals surface area contributed by atoms with Crippen LogP contribution in [0.2, 0.25) is 0 Å². The van der Waals surface area contributed by atoms with E-state index in [9.17, 15) is 4.79 Å². The van der Waals surface area contributed by atoms with Gasteiger partial charge in [0.1, 0.15) is 0 Å². The highest BCUT2D eigenvalue weighted by Crippen LogP contribution is 2.21. The van der Waals surface area contributed by atoms with E-state index in [2.05, 4.69) is 35.2 Å². The van der Waals surface area contributed by atoms with Crippen molar-refractivity contribution in [1.29, 1.82) is 0 Å². The molecule has 2 rings (SSSR count). The second-order valence-electron chi connectivity index (χ2n) is 5.82. The van der Waals surface area contributed by atoms with Crippen LogP contribution in [0.1, 0.15) is 31.7 Å². The molecule has 114 valence electrons. The van der Waals surface area contributed by atoms with Crippen LogP contribution in [0.25, 0.3) is 0 Å². The summed E-state index contributed by atoms with van der Waals surface area (Å²) in [5.41, 5.74) is 1.96. The molecule has 3 heteroatoms. The molecule has 0 spiro atoms. The third kappa shape index (κ3) is 5.01. The highest BCUT2D eigenvalue weighted by molar-refractivity contribution is 5.86. The molecular formula is C18H25NO2. The molecule has 0 saturated carbocycles. The Balaban J connectivity index is 1.77. The van der Waals surface area contributed by atoms with Gasteiger partial charge in [0.15, 0.2) is 0 Å². The summed E-state index contributed by atoms with van der Waals surface area (Å²) in [6.07, 6.45) is 6.05. The maximum atomic E-state index is 11.0. The van der Waals surface area contributed by atoms with Crippen LogP contribution in [-0.4, -0.2) is 35.6 Å². The molecule has 1 N–H and O–H groups in total. The van der Waals surface area contributed by atoms with Gasteiger partial charge in [-0.1, -0.05) is 43.3 Å². The first-order chi connectivity index (χ1) is 10.2. The number of nitrogens with zero attached hydrogens (tertiary/aromatic N) is 1. The number of carboxylic acid groups (broad SMARTS) is 1. The van der Waals surface area contributed by atoms with Crippen LogP contribution >= 0.6 is 0 Å². The van der Waals surface area contributed by atoms with Crippen LogP contribution in [0, 0.1) is 5.92 Å². The lowest BCUT2D eigenvalue weighted by Crippen LogP contribution is -2.34. The average molecular weight is 287 g/mol. The fraction of sp³-hybridized carbons (Fsp3) is 0.500. The Morgan fingerprint density at radius 3 is 2.52 bits per heavy atom. The molecule has 1 fully saturated rings. The summed E-state index contributed by atoms with van der Waals surface area (Å²) in [7, 11) is 0. The van der Waals surface area contributed by atoms with Crippen molar-refractivity contribution < 1.29 is 9.90 Å². The van der Waals surface area contributed by atoms with E-state index < -0.39 is 5.97 Å². The number of carboxylic acids is 1. The van der Waals surface area contributed by atoms with E-state index in [1.54, 1.807) is 0 Å². The minimum Gasteiger partial charge on any atom is -0.478 e. The van der Waals surface area contributed by atoms with Gasteiger partial charge in [0.25, 0.3) is 0 Å². The lowest BCUT2D eigenvalue weighted by molar-refractivity contribution is -0.132. The quantitative estimate of drug-likeness (QED) is 0.816. The van der Waals surface area contributed by atoms with Crippen molar-refractivity contribution in [3.63, 3.8) is 0 Å². The minimum atomic E-state index is -0.781. The third-order valence-corrected chi connectivity index (χ3v) is 4.33. The molecule has 1 heterocycles. The monoisotopic (exact) mass is 287 g/mol. The van der Waals surface area contributed by atoms with Crippen LogP contribution in [0.3, 0.4) is 0 Å². The summed E-state index contributed by atoms with van der Waals surface area (Å²) in [6.45, 7) is 4.81. The molecule has 1 aliphatic heterocycles. The molecule has 1 aromatic carbocycles. The number of aliphatic carboxylic acids is 1. The molecule has 0 unspecified atom stereocenters. The average Bonchev–Trinajstić information content (AvgIpc) is 2.50. The highest BCUT2D eigenvalue weighted by Gasteiger charge is 2.19. The summed E-state index contributed by atoms with van der Waals surface area (Å²) in [6, 6.07) is 10.7. The first kappa shape index (κ1) is 15.8. The minimum absolute atomic E-state index is 0.529. The van der Waals surface area contributed by atoms with Gasteiger partial charge in [0, 0.05) is 12.1 Å². The number of hydrogen-bond donors (Lipinski definition) is 1. The summed E-state index contributed by atoms with van der Waals surface area (Å²) in [5.74, 6) is -0.0192. The third-order valence-electron chi connectivity index (χ3n) is 4.33. The Morgan fingerprint density at radius 1 is 1.29 bits per heavy atom. The second-order valence-corrected chi connectivity index (χ2v) is 5.82. The van der Waals surface area contributed by atoms with Crippen LogP contribution in [0.5, 0.6) is 0 Å². The van der Waals surface area contributed by atoms with Crippen LogP contribution in [0.15, 0.2) is 42.0 Å². The van der Waals surface area contributed by atoms with Crippen molar-refractivity contribution in [2.45, 2.75) is 32.6 Å². The highest BCUT2D eigenvalue weighted by atomic mass is 16.4. The van der Waals surface area contributed by atoms with Crippen molar-refractivity contribution in [1.82, 2.24) is 4.90 Å². The van der Waals surface area contributed by atoms with Gasteiger partial charge in [-0.05, 0) is 50.3 Å². The molecule has 3 nitrogen and oxygen atoms in total. The summed E-state index contributed by atoms with van der Waals surface area (Å²) in [5, 5.41) is 9.02. The standard InChI is InChI=1S/C18H25NO2/c1-2-17(18(20)21)10-13-19-11-8-16(9-12-19)14-15-6-4-3-5-7-15/h3-7,10,16H,2,8-9,11-14H2,1H3,(H,20,21). The van der Waals surface area contributed by atoms with Crippen molar-refractivity contribution in [3.05, 3.63) is 47.5 Å². The Bertz CT molecular complexity index is 473. The molecule has 0 aromatic heterocycles. The van der Waals surface area contributed by atoms with Gasteiger partial charge in [0.2, 0.25) is 0 Å². The van der Waals surface area contributed by atoms with Gasteiger partial charge in [-0.15, -0.1) is 0 Å². The predicted octanol–water partition coefficient (Wildman–Crippen LogP) is 3.36. The summed E-state index contributed by atoms with van der Waals surface area (Å²) < 4.78 is 0. The Hall–Kier alpha value is -1.61. The predicted molar refractivity (Wildman–Crippen MR) is 85.3 cm³/mol. The van der Waals surface area contributed by atoms with Crippen molar-refractivity contribution in [3.8, 4) is 0 Å². The normalized spacial score (nSPS) is 17.9. The Morgan fingerprint density at radius 2 is 1.95 bits per heavy atom. The maximum absolute atomic E-state index is 11.0. The molecular weight excluding hydrogens is 262 g/mol. The smallest absolute Gasteiger partial charge is 0.331 e. The molecule has 1 aromatic rings. The van der Waals surface area contributed by atoms with Gasteiger partial charge < -0.3 is 5.11 Å². The fourth-order valence-electron chi connectivity index (χ4n) is 2.94. The van der Waals surface area contributed by atoms with E-state index in [-0.39, 0.29) is 0 Å². The first-order valence-electron chi connectivity index (χ1n) is 7.87. The number of hydrogen-bond acceptors (Lipinski definition) is 2. The number of benzene rings is 1. The lowest BCUT2D eigenvalue weighted by Gasteiger charge is -2.31. The molecule has 0 atom stereocenters. The van der Waals surface area contributed by atoms with Crippen molar-refractivity contribution in [2.75, 3.05) is 19.6 Å². The van der Waals surface area contributed by atoms with E-state index in [0.29, 0.717) is 12.0 Å². The zero-order valence-electron chi connectivity index (χ0n) is 12.8. The van der Waals surface area contributed by atoms with Gasteiger partial charge >= 0.3 is 5.97 Å². The van der Waals surface area contributed by atoms with Gasteiger partial charge in [-0.3, -0.25) is 4.90 Å². The largest absolute Gasteiger partial charge is 0.478 e. The van der Waals surface area contributed by atoms with Crippen molar-refractivity contribution in [2.24, 2.45) is 5.92 Å². The summed E-state index contributed by atoms with van der Waals surface area (Å²) in [4.78, 5) is 13.3. The SMILES string of the molecule is CCC(=CCN1CCC(Cc2ccccc2)CC1)C(=O)O. The van der Waals surface area contributed by atoms with Gasteiger partial charge in [0.05, 0.1) is 0 Å². The molecule has 21 heavy (non-hydrogen) atoms. The van der Waals surface area contributed by atoms with Crippen molar-refractivity contribution >= 4 is 5.97 Å². The number of piperidine rings is 1. The zero-order chi connectivity index (χ0) is 15.1. The molecule has 0 aliphatic carbocycles. The van der Waals surface area contributed by atoms with Crippen LogP contribution < -0.4 is 0 Å². The van der Waals surface area contributed by atoms with E-state index in [0.717, 1.165) is 25.6 Å². The topological polar surface area (TPSA) is 40.5 Å².